The number of fused-ring (bicyclic) bond motifs is 2. The van der Waals surface area contributed by atoms with Crippen LogP contribution < -0.4 is 15.4 Å². The molecule has 4 aliphatic rings. The molecule has 82 heavy (non-hydrogen) atoms. The molecule has 0 bridgehead atoms. The summed E-state index contributed by atoms with van der Waals surface area (Å²) >= 11 is 12.9. The van der Waals surface area contributed by atoms with Crippen LogP contribution in [0.3, 0.4) is 0 Å². The summed E-state index contributed by atoms with van der Waals surface area (Å²) in [5.41, 5.74) is 8.70. The van der Waals surface area contributed by atoms with E-state index >= 15 is 0 Å². The van der Waals surface area contributed by atoms with Crippen LogP contribution in [-0.2, 0) is 47.2 Å². The lowest BCUT2D eigenvalue weighted by Gasteiger charge is -2.34. The van der Waals surface area contributed by atoms with E-state index in [0.29, 0.717) is 144 Å². The number of sulfone groups is 1. The number of rotatable bonds is 27. The molecule has 8 rings (SSSR count). The maximum absolute atomic E-state index is 13.8. The van der Waals surface area contributed by atoms with Gasteiger partial charge >= 0.3 is 6.03 Å². The Labute approximate surface area is 495 Å². The number of urea groups is 1. The highest BCUT2D eigenvalue weighted by molar-refractivity contribution is 7.91. The molecule has 4 aromatic rings. The fourth-order valence-corrected chi connectivity index (χ4v) is 15.5. The number of likely N-dealkylation sites (tertiary alicyclic amines) is 2. The Morgan fingerprint density at radius 1 is 0.695 bits per heavy atom. The number of nitriles is 1. The third-order valence-corrected chi connectivity index (χ3v) is 20.3. The SMILES string of the molecule is [C-]#[N+]c1cc(Cl)cc2c1CN(C)CC2c1cc(S(=O)(=O)N[C@@H]2CCN(CCOCCNC(=O)NCCCCCC(=O)CCCOCCN3CC[C@@H](CS(=O)(=O)c4ccc(C)c(C5CN(C)Cc6c(C#N)cc(Cl)cc65)c4)C3)C2)ccc1C. The van der Waals surface area contributed by atoms with Crippen LogP contribution in [0.5, 0.6) is 0 Å². The number of carbonyl (C=O) groups is 2. The number of unbranched alkanes of at least 4 members (excludes halogenated alkanes) is 2. The van der Waals surface area contributed by atoms with Crippen LogP contribution in [0.15, 0.2) is 70.5 Å². The number of ether oxygens (including phenoxy) is 2. The van der Waals surface area contributed by atoms with Gasteiger partial charge in [-0.3, -0.25) is 9.69 Å². The Balaban J connectivity index is 0.624. The first-order valence-corrected chi connectivity index (χ1v) is 32.6. The van der Waals surface area contributed by atoms with Gasteiger partial charge in [0.25, 0.3) is 0 Å². The number of amides is 2. The first kappa shape index (κ1) is 63.0. The first-order valence-electron chi connectivity index (χ1n) is 28.7. The molecule has 4 atom stereocenters. The number of aryl methyl sites for hydroxylation is 2. The molecular formula is C61H79Cl2N9O8S2. The lowest BCUT2D eigenvalue weighted by atomic mass is 9.81. The molecule has 4 aliphatic heterocycles. The molecule has 21 heteroatoms. The molecule has 0 spiro atoms. The van der Waals surface area contributed by atoms with Gasteiger partial charge in [-0.05, 0) is 172 Å². The van der Waals surface area contributed by atoms with Gasteiger partial charge in [-0.15, -0.1) is 0 Å². The average molecular weight is 1200 g/mol. The predicted molar refractivity (Wildman–Crippen MR) is 320 cm³/mol. The topological polar surface area (TPSA) is 198 Å². The number of Topliss-reactive ketones (excluding diaryl/α,β-unsaturated/α-hetero) is 1. The van der Waals surface area contributed by atoms with Crippen LogP contribution in [0.1, 0.15) is 113 Å². The van der Waals surface area contributed by atoms with Crippen molar-refractivity contribution < 1.29 is 35.9 Å². The largest absolute Gasteiger partial charge is 0.380 e. The van der Waals surface area contributed by atoms with Crippen molar-refractivity contribution in [2.24, 2.45) is 5.92 Å². The first-order chi connectivity index (χ1) is 39.3. The minimum absolute atomic E-state index is 0.0167. The minimum atomic E-state index is -3.81. The Hall–Kier alpha value is -5.00. The number of nitrogens with zero attached hydrogens (tertiary/aromatic N) is 6. The molecule has 4 heterocycles. The van der Waals surface area contributed by atoms with Gasteiger partial charge in [-0.1, -0.05) is 41.8 Å². The molecule has 17 nitrogen and oxygen atoms in total. The van der Waals surface area contributed by atoms with Gasteiger partial charge in [0.15, 0.2) is 15.5 Å². The monoisotopic (exact) mass is 1200 g/mol. The van der Waals surface area contributed by atoms with Crippen LogP contribution in [-0.4, -0.2) is 166 Å². The molecular weight excluding hydrogens is 1120 g/mol. The molecule has 0 radical (unpaired) electrons. The van der Waals surface area contributed by atoms with E-state index in [1.165, 1.54) is 0 Å². The van der Waals surface area contributed by atoms with Crippen molar-refractivity contribution in [2.75, 3.05) is 112 Å². The molecule has 2 unspecified atom stereocenters. The summed E-state index contributed by atoms with van der Waals surface area (Å²) in [6, 6.07) is 19.7. The second-order valence-corrected chi connectivity index (χ2v) is 27.4. The lowest BCUT2D eigenvalue weighted by molar-refractivity contribution is -0.119. The Kier molecular flexibility index (Phi) is 22.4. The summed E-state index contributed by atoms with van der Waals surface area (Å²) in [5, 5.41) is 16.5. The number of nitrogens with one attached hydrogen (secondary N) is 3. The van der Waals surface area contributed by atoms with Crippen molar-refractivity contribution in [1.29, 1.82) is 5.26 Å². The quantitative estimate of drug-likeness (QED) is 0.0380. The number of hydrogen-bond acceptors (Lipinski definition) is 13. The molecule has 2 saturated heterocycles. The molecule has 2 amide bonds. The number of carbonyl (C=O) groups excluding carboxylic acids is 2. The van der Waals surface area contributed by atoms with E-state index in [0.717, 1.165) is 83.3 Å². The van der Waals surface area contributed by atoms with E-state index in [4.69, 9.17) is 39.2 Å². The molecule has 0 saturated carbocycles. The fourth-order valence-electron chi connectivity index (χ4n) is 12.1. The van der Waals surface area contributed by atoms with Gasteiger partial charge in [0.2, 0.25) is 10.0 Å². The molecule has 0 aliphatic carbocycles. The summed E-state index contributed by atoms with van der Waals surface area (Å²) in [7, 11) is -3.36. The number of likely N-dealkylation sites (N-methyl/N-ethyl adjacent to an activating group) is 2. The molecule has 2 fully saturated rings. The Morgan fingerprint density at radius 3 is 1.99 bits per heavy atom. The summed E-state index contributed by atoms with van der Waals surface area (Å²) < 4.78 is 69.7. The van der Waals surface area contributed by atoms with E-state index in [-0.39, 0.29) is 46.3 Å². The average Bonchev–Trinajstić information content (AvgIpc) is 4.22. The smallest absolute Gasteiger partial charge is 0.314 e. The zero-order valence-electron chi connectivity index (χ0n) is 47.8. The van der Waals surface area contributed by atoms with Gasteiger partial charge in [0, 0.05) is 113 Å². The minimum Gasteiger partial charge on any atom is -0.380 e. The highest BCUT2D eigenvalue weighted by Gasteiger charge is 2.34. The summed E-state index contributed by atoms with van der Waals surface area (Å²) in [6.07, 6.45) is 5.43. The van der Waals surface area contributed by atoms with Crippen LogP contribution in [0.2, 0.25) is 10.0 Å². The Morgan fingerprint density at radius 2 is 1.29 bits per heavy atom. The third-order valence-electron chi connectivity index (χ3n) is 16.4. The van der Waals surface area contributed by atoms with Gasteiger partial charge < -0.3 is 34.8 Å². The van der Waals surface area contributed by atoms with Crippen molar-refractivity contribution in [3.05, 3.63) is 132 Å². The molecule has 3 N–H and O–H groups in total. The van der Waals surface area contributed by atoms with Gasteiger partial charge in [-0.25, -0.2) is 31.2 Å². The van der Waals surface area contributed by atoms with Gasteiger partial charge in [-0.2, -0.15) is 5.26 Å². The zero-order chi connectivity index (χ0) is 58.6. The van der Waals surface area contributed by atoms with E-state index < -0.39 is 19.9 Å². The van der Waals surface area contributed by atoms with Gasteiger partial charge in [0.1, 0.15) is 5.78 Å². The van der Waals surface area contributed by atoms with E-state index in [1.54, 1.807) is 30.3 Å². The summed E-state index contributed by atoms with van der Waals surface area (Å²) in [4.78, 5) is 37.9. The van der Waals surface area contributed by atoms with Crippen LogP contribution >= 0.6 is 23.2 Å². The van der Waals surface area contributed by atoms with E-state index in [1.807, 2.05) is 58.3 Å². The number of sulfonamides is 1. The second-order valence-electron chi connectivity index (χ2n) is 22.8. The van der Waals surface area contributed by atoms with E-state index in [2.05, 4.69) is 45.9 Å². The van der Waals surface area contributed by atoms with Crippen LogP contribution in [0.25, 0.3) is 4.85 Å². The van der Waals surface area contributed by atoms with Crippen molar-refractivity contribution >= 4 is 60.6 Å². The van der Waals surface area contributed by atoms with Gasteiger partial charge in [0.05, 0.1) is 53.6 Å². The van der Waals surface area contributed by atoms with Crippen LogP contribution in [0.4, 0.5) is 10.5 Å². The van der Waals surface area contributed by atoms with Crippen molar-refractivity contribution in [3.8, 4) is 6.07 Å². The van der Waals surface area contributed by atoms with Crippen molar-refractivity contribution in [3.63, 3.8) is 0 Å². The van der Waals surface area contributed by atoms with Crippen molar-refractivity contribution in [2.45, 2.75) is 106 Å². The maximum atomic E-state index is 13.8. The van der Waals surface area contributed by atoms with Crippen LogP contribution in [0, 0.1) is 37.7 Å². The summed E-state index contributed by atoms with van der Waals surface area (Å²) in [6.45, 7) is 21.1. The number of benzene rings is 4. The Bertz CT molecular complexity index is 3030. The fraction of sp³-hybridized carbons (Fsp3) is 0.541. The summed E-state index contributed by atoms with van der Waals surface area (Å²) in [5.74, 6) is 0.0481. The van der Waals surface area contributed by atoms with Crippen molar-refractivity contribution in [1.82, 2.24) is 35.0 Å². The number of halogens is 2. The van der Waals surface area contributed by atoms with E-state index in [9.17, 15) is 31.7 Å². The third kappa shape index (κ3) is 16.9. The predicted octanol–water partition coefficient (Wildman–Crippen LogP) is 8.58. The lowest BCUT2D eigenvalue weighted by Crippen LogP contribution is -2.38. The highest BCUT2D eigenvalue weighted by Crippen LogP contribution is 2.42. The molecule has 4 aromatic carbocycles. The standard InChI is InChI=1S/C61H79Cl2N9O8S2/c1-42-12-14-50(32-52(42)57-38-69(4)37-56-45(34-64)28-46(62)29-54(56)57)81(75,76)41-44-16-20-71(35-44)22-26-79-24-9-11-49(73)10-7-6-8-18-66-61(74)67-19-25-80-27-23-72-21-17-48(36-72)68-82(77,78)51-15-13-43(2)53(33-51)58-39-70(5)40-59-55(58)30-47(63)31-60(59)65-3/h12-15,28-33,44,48,57-58,68H,6-11,16-27,35-41H2,1-2,4-5H3,(H2,66,67,74)/t44-,48-,57?,58?/m1/s1. The number of ketones is 1. The molecule has 0 aromatic heterocycles. The highest BCUT2D eigenvalue weighted by atomic mass is 35.5. The maximum Gasteiger partial charge on any atom is 0.314 e. The number of hydrogen-bond donors (Lipinski definition) is 3. The normalized spacial score (nSPS) is 19.8. The molecule has 442 valence electrons. The zero-order valence-corrected chi connectivity index (χ0v) is 50.9. The second kappa shape index (κ2) is 29.2.